The highest BCUT2D eigenvalue weighted by Crippen LogP contribution is 2.24. The Morgan fingerprint density at radius 1 is 1.24 bits per heavy atom. The third kappa shape index (κ3) is 3.79. The summed E-state index contributed by atoms with van der Waals surface area (Å²) in [5.41, 5.74) is 1.46. The Kier molecular flexibility index (Phi) is 4.54. The van der Waals surface area contributed by atoms with Crippen LogP contribution in [0, 0.1) is 10.1 Å². The van der Waals surface area contributed by atoms with Gasteiger partial charge in [-0.05, 0) is 36.4 Å². The number of nitrogens with zero attached hydrogens (tertiary/aromatic N) is 1. The molecule has 0 amide bonds. The van der Waals surface area contributed by atoms with E-state index in [0.29, 0.717) is 15.7 Å². The van der Waals surface area contributed by atoms with Crippen molar-refractivity contribution >= 4 is 33.3 Å². The lowest BCUT2D eigenvalue weighted by molar-refractivity contribution is -0.385. The Morgan fingerprint density at radius 3 is 2.48 bits per heavy atom. The molecule has 0 heterocycles. The van der Waals surface area contributed by atoms with Crippen LogP contribution in [0.25, 0.3) is 0 Å². The van der Waals surface area contributed by atoms with Gasteiger partial charge in [-0.2, -0.15) is 0 Å². The van der Waals surface area contributed by atoms with Gasteiger partial charge in [-0.1, -0.05) is 15.9 Å². The van der Waals surface area contributed by atoms with E-state index in [2.05, 4.69) is 21.2 Å². The van der Waals surface area contributed by atoms with E-state index in [0.717, 1.165) is 0 Å². The SMILES string of the molecule is O=C(O)c1ccc(NCc2ccc(Br)cc2[N+](=O)[O-])cc1. The molecule has 0 aliphatic heterocycles. The second-order valence-electron chi connectivity index (χ2n) is 4.27. The van der Waals surface area contributed by atoms with Crippen LogP contribution in [0.4, 0.5) is 11.4 Å². The molecule has 2 rings (SSSR count). The van der Waals surface area contributed by atoms with E-state index in [4.69, 9.17) is 5.11 Å². The minimum atomic E-state index is -0.995. The molecule has 0 aliphatic rings. The van der Waals surface area contributed by atoms with Gasteiger partial charge in [0.25, 0.3) is 5.69 Å². The number of nitrogens with one attached hydrogen (secondary N) is 1. The maximum absolute atomic E-state index is 11.0. The van der Waals surface area contributed by atoms with Crippen LogP contribution in [0.2, 0.25) is 0 Å². The van der Waals surface area contributed by atoms with Crippen molar-refractivity contribution in [3.63, 3.8) is 0 Å². The average Bonchev–Trinajstić information content (AvgIpc) is 2.46. The van der Waals surface area contributed by atoms with Crippen LogP contribution in [-0.4, -0.2) is 16.0 Å². The lowest BCUT2D eigenvalue weighted by Crippen LogP contribution is -2.03. The first kappa shape index (κ1) is 15.0. The summed E-state index contributed by atoms with van der Waals surface area (Å²) in [5.74, 6) is -0.995. The number of anilines is 1. The van der Waals surface area contributed by atoms with Crippen LogP contribution >= 0.6 is 15.9 Å². The molecule has 0 fully saturated rings. The van der Waals surface area contributed by atoms with Crippen LogP contribution in [0.15, 0.2) is 46.9 Å². The van der Waals surface area contributed by atoms with Crippen molar-refractivity contribution in [2.75, 3.05) is 5.32 Å². The van der Waals surface area contributed by atoms with Crippen LogP contribution < -0.4 is 5.32 Å². The van der Waals surface area contributed by atoms with Crippen LogP contribution in [0.1, 0.15) is 15.9 Å². The van der Waals surface area contributed by atoms with Gasteiger partial charge >= 0.3 is 5.97 Å². The van der Waals surface area contributed by atoms with Crippen LogP contribution in [0.3, 0.4) is 0 Å². The summed E-state index contributed by atoms with van der Waals surface area (Å²) in [4.78, 5) is 21.3. The van der Waals surface area contributed by atoms with Gasteiger partial charge in [0.05, 0.1) is 10.5 Å². The van der Waals surface area contributed by atoms with Crippen molar-refractivity contribution in [3.8, 4) is 0 Å². The van der Waals surface area contributed by atoms with Crippen molar-refractivity contribution in [2.24, 2.45) is 0 Å². The largest absolute Gasteiger partial charge is 0.478 e. The lowest BCUT2D eigenvalue weighted by atomic mass is 10.1. The number of carbonyl (C=O) groups is 1. The van der Waals surface area contributed by atoms with E-state index in [1.165, 1.54) is 18.2 Å². The number of halogens is 1. The molecule has 0 aromatic heterocycles. The molecule has 21 heavy (non-hydrogen) atoms. The quantitative estimate of drug-likeness (QED) is 0.633. The first-order chi connectivity index (χ1) is 9.97. The molecule has 0 unspecified atom stereocenters. The van der Waals surface area contributed by atoms with E-state index >= 15 is 0 Å². The Hall–Kier alpha value is -2.41. The van der Waals surface area contributed by atoms with Gasteiger partial charge in [0.1, 0.15) is 0 Å². The van der Waals surface area contributed by atoms with E-state index in [1.54, 1.807) is 24.3 Å². The molecule has 2 aromatic rings. The molecule has 7 heteroatoms. The molecule has 108 valence electrons. The molecule has 2 N–H and O–H groups in total. The molecule has 0 saturated heterocycles. The predicted molar refractivity (Wildman–Crippen MR) is 81.5 cm³/mol. The molecule has 2 aromatic carbocycles. The Morgan fingerprint density at radius 2 is 1.90 bits per heavy atom. The second kappa shape index (κ2) is 6.36. The third-order valence-corrected chi connectivity index (χ3v) is 3.35. The molecule has 0 saturated carbocycles. The number of carboxylic acids is 1. The number of hydrogen-bond donors (Lipinski definition) is 2. The van der Waals surface area contributed by atoms with Gasteiger partial charge in [0.2, 0.25) is 0 Å². The van der Waals surface area contributed by atoms with Gasteiger partial charge in [0, 0.05) is 28.3 Å². The van der Waals surface area contributed by atoms with Gasteiger partial charge < -0.3 is 10.4 Å². The van der Waals surface area contributed by atoms with Gasteiger partial charge in [0.15, 0.2) is 0 Å². The van der Waals surface area contributed by atoms with Crippen LogP contribution in [-0.2, 0) is 6.54 Å². The van der Waals surface area contributed by atoms with E-state index < -0.39 is 10.9 Å². The normalized spacial score (nSPS) is 10.1. The predicted octanol–water partition coefficient (Wildman–Crippen LogP) is 3.67. The maximum Gasteiger partial charge on any atom is 0.335 e. The second-order valence-corrected chi connectivity index (χ2v) is 5.18. The molecule has 0 spiro atoms. The Bertz CT molecular complexity index is 686. The summed E-state index contributed by atoms with van der Waals surface area (Å²) in [6, 6.07) is 11.0. The third-order valence-electron chi connectivity index (χ3n) is 2.86. The number of nitro groups is 1. The minimum absolute atomic E-state index is 0.0269. The van der Waals surface area contributed by atoms with E-state index in [-0.39, 0.29) is 17.8 Å². The highest BCUT2D eigenvalue weighted by atomic mass is 79.9. The summed E-state index contributed by atoms with van der Waals surface area (Å²) in [6.07, 6.45) is 0. The molecular weight excluding hydrogens is 340 g/mol. The molecule has 0 atom stereocenters. The van der Waals surface area contributed by atoms with E-state index in [1.807, 2.05) is 0 Å². The highest BCUT2D eigenvalue weighted by Gasteiger charge is 2.13. The molecule has 0 aliphatic carbocycles. The molecular formula is C14H11BrN2O4. The van der Waals surface area contributed by atoms with Crippen molar-refractivity contribution in [2.45, 2.75) is 6.54 Å². The van der Waals surface area contributed by atoms with Crippen molar-refractivity contribution in [3.05, 3.63) is 68.2 Å². The topological polar surface area (TPSA) is 92.5 Å². The summed E-state index contributed by atoms with van der Waals surface area (Å²) in [5, 5.41) is 22.8. The first-order valence-electron chi connectivity index (χ1n) is 5.97. The molecule has 6 nitrogen and oxygen atoms in total. The lowest BCUT2D eigenvalue weighted by Gasteiger charge is -2.07. The van der Waals surface area contributed by atoms with Crippen molar-refractivity contribution < 1.29 is 14.8 Å². The Labute approximate surface area is 128 Å². The fourth-order valence-corrected chi connectivity index (χ4v) is 2.13. The van der Waals surface area contributed by atoms with Gasteiger partial charge in [-0.15, -0.1) is 0 Å². The molecule has 0 bridgehead atoms. The van der Waals surface area contributed by atoms with Gasteiger partial charge in [-0.3, -0.25) is 10.1 Å². The number of hydrogen-bond acceptors (Lipinski definition) is 4. The standard InChI is InChI=1S/C14H11BrN2O4/c15-11-4-1-10(13(7-11)17(20)21)8-16-12-5-2-9(3-6-12)14(18)19/h1-7,16H,8H2,(H,18,19). The van der Waals surface area contributed by atoms with Crippen molar-refractivity contribution in [1.29, 1.82) is 0 Å². The zero-order chi connectivity index (χ0) is 15.4. The summed E-state index contributed by atoms with van der Waals surface area (Å²) in [6.45, 7) is 0.274. The number of benzene rings is 2. The summed E-state index contributed by atoms with van der Waals surface area (Å²) >= 11 is 3.20. The molecule has 0 radical (unpaired) electrons. The number of rotatable bonds is 5. The maximum atomic E-state index is 11.0. The fraction of sp³-hybridized carbons (Fsp3) is 0.0714. The van der Waals surface area contributed by atoms with E-state index in [9.17, 15) is 14.9 Å². The zero-order valence-corrected chi connectivity index (χ0v) is 12.3. The number of aromatic carboxylic acids is 1. The summed E-state index contributed by atoms with van der Waals surface area (Å²) < 4.78 is 0.642. The smallest absolute Gasteiger partial charge is 0.335 e. The van der Waals surface area contributed by atoms with Gasteiger partial charge in [-0.25, -0.2) is 4.79 Å². The monoisotopic (exact) mass is 350 g/mol. The minimum Gasteiger partial charge on any atom is -0.478 e. The fourth-order valence-electron chi connectivity index (χ4n) is 1.78. The van der Waals surface area contributed by atoms with Crippen LogP contribution in [0.5, 0.6) is 0 Å². The first-order valence-corrected chi connectivity index (χ1v) is 6.76. The average molecular weight is 351 g/mol. The zero-order valence-electron chi connectivity index (χ0n) is 10.7. The Balaban J connectivity index is 2.13. The number of nitro benzene ring substituents is 1. The summed E-state index contributed by atoms with van der Waals surface area (Å²) in [7, 11) is 0. The number of carboxylic acid groups (broad SMARTS) is 1. The highest BCUT2D eigenvalue weighted by molar-refractivity contribution is 9.10. The van der Waals surface area contributed by atoms with Crippen molar-refractivity contribution in [1.82, 2.24) is 0 Å².